The van der Waals surface area contributed by atoms with Gasteiger partial charge in [0.15, 0.2) is 0 Å². The molecule has 2 aliphatic rings. The van der Waals surface area contributed by atoms with Crippen molar-refractivity contribution in [3.8, 4) is 0 Å². The first-order valence-electron chi connectivity index (χ1n) is 6.36. The van der Waals surface area contributed by atoms with Crippen molar-refractivity contribution in [3.63, 3.8) is 0 Å². The standard InChI is InChI=1S/C14H18FNO/c1-16-7-2-3-13(16)14-12-5-4-11(15)9-10(12)6-8-17-14/h4-5,9,13-14H,2-3,6-8H2,1H3/t13?,14-/m1/s1. The number of nitrogens with zero attached hydrogens (tertiary/aromatic N) is 1. The highest BCUT2D eigenvalue weighted by molar-refractivity contribution is 5.32. The third kappa shape index (κ3) is 1.98. The summed E-state index contributed by atoms with van der Waals surface area (Å²) in [6.45, 7) is 1.85. The number of benzene rings is 1. The number of hydrogen-bond acceptors (Lipinski definition) is 2. The number of likely N-dealkylation sites (tertiary alicyclic amines) is 1. The molecule has 0 aromatic heterocycles. The van der Waals surface area contributed by atoms with Crippen LogP contribution < -0.4 is 0 Å². The van der Waals surface area contributed by atoms with Gasteiger partial charge in [-0.3, -0.25) is 0 Å². The molecule has 0 N–H and O–H groups in total. The summed E-state index contributed by atoms with van der Waals surface area (Å²) in [5.74, 6) is -0.135. The van der Waals surface area contributed by atoms with Gasteiger partial charge < -0.3 is 9.64 Å². The number of halogens is 1. The molecule has 1 fully saturated rings. The minimum Gasteiger partial charge on any atom is -0.372 e. The van der Waals surface area contributed by atoms with Crippen LogP contribution in [0.2, 0.25) is 0 Å². The molecule has 0 radical (unpaired) electrons. The zero-order valence-corrected chi connectivity index (χ0v) is 10.2. The van der Waals surface area contributed by atoms with Crippen LogP contribution in [0.25, 0.3) is 0 Å². The molecule has 0 saturated carbocycles. The number of likely N-dealkylation sites (N-methyl/N-ethyl adjacent to an activating group) is 1. The fraction of sp³-hybridized carbons (Fsp3) is 0.571. The zero-order chi connectivity index (χ0) is 11.8. The summed E-state index contributed by atoms with van der Waals surface area (Å²) in [7, 11) is 2.15. The molecule has 3 rings (SSSR count). The fourth-order valence-electron chi connectivity index (χ4n) is 3.09. The van der Waals surface area contributed by atoms with Gasteiger partial charge in [0.05, 0.1) is 12.7 Å². The van der Waals surface area contributed by atoms with Crippen LogP contribution in [0.4, 0.5) is 4.39 Å². The summed E-state index contributed by atoms with van der Waals surface area (Å²) in [5.41, 5.74) is 2.32. The van der Waals surface area contributed by atoms with Gasteiger partial charge in [-0.15, -0.1) is 0 Å². The number of hydrogen-bond donors (Lipinski definition) is 0. The minimum absolute atomic E-state index is 0.131. The average Bonchev–Trinajstić information content (AvgIpc) is 2.74. The van der Waals surface area contributed by atoms with Crippen LogP contribution >= 0.6 is 0 Å². The van der Waals surface area contributed by atoms with Gasteiger partial charge in [0.1, 0.15) is 5.82 Å². The summed E-state index contributed by atoms with van der Waals surface area (Å²) in [6, 6.07) is 5.58. The highest BCUT2D eigenvalue weighted by Gasteiger charge is 2.34. The summed E-state index contributed by atoms with van der Waals surface area (Å²) in [6.07, 6.45) is 3.38. The molecule has 2 atom stereocenters. The number of fused-ring (bicyclic) bond motifs is 1. The fourth-order valence-corrected chi connectivity index (χ4v) is 3.09. The summed E-state index contributed by atoms with van der Waals surface area (Å²) >= 11 is 0. The molecule has 1 aromatic rings. The first kappa shape index (κ1) is 11.2. The Hall–Kier alpha value is -0.930. The lowest BCUT2D eigenvalue weighted by Crippen LogP contribution is -2.35. The van der Waals surface area contributed by atoms with E-state index >= 15 is 0 Å². The molecule has 0 aliphatic carbocycles. The molecule has 1 unspecified atom stereocenters. The van der Waals surface area contributed by atoms with E-state index in [1.165, 1.54) is 18.4 Å². The Balaban J connectivity index is 1.93. The highest BCUT2D eigenvalue weighted by atomic mass is 19.1. The van der Waals surface area contributed by atoms with Crippen LogP contribution in [0, 0.1) is 5.82 Å². The van der Waals surface area contributed by atoms with Gasteiger partial charge in [0.25, 0.3) is 0 Å². The van der Waals surface area contributed by atoms with Crippen LogP contribution in [0.5, 0.6) is 0 Å². The smallest absolute Gasteiger partial charge is 0.123 e. The van der Waals surface area contributed by atoms with Gasteiger partial charge in [0, 0.05) is 6.04 Å². The Bertz CT molecular complexity index is 421. The van der Waals surface area contributed by atoms with Crippen LogP contribution in [-0.2, 0) is 11.2 Å². The molecule has 2 nitrogen and oxygen atoms in total. The normalized spacial score (nSPS) is 29.3. The second-order valence-electron chi connectivity index (χ2n) is 5.07. The Morgan fingerprint density at radius 2 is 2.29 bits per heavy atom. The van der Waals surface area contributed by atoms with Crippen molar-refractivity contribution in [2.24, 2.45) is 0 Å². The number of rotatable bonds is 1. The van der Waals surface area contributed by atoms with E-state index in [4.69, 9.17) is 4.74 Å². The zero-order valence-electron chi connectivity index (χ0n) is 10.2. The predicted octanol–water partition coefficient (Wildman–Crippen LogP) is 2.53. The van der Waals surface area contributed by atoms with Gasteiger partial charge in [-0.25, -0.2) is 4.39 Å². The molecule has 2 heterocycles. The lowest BCUT2D eigenvalue weighted by atomic mass is 9.92. The van der Waals surface area contributed by atoms with E-state index in [0.29, 0.717) is 12.6 Å². The largest absolute Gasteiger partial charge is 0.372 e. The van der Waals surface area contributed by atoms with Crippen molar-refractivity contribution in [1.82, 2.24) is 4.90 Å². The van der Waals surface area contributed by atoms with Crippen LogP contribution in [-0.4, -0.2) is 31.1 Å². The molecule has 2 aliphatic heterocycles. The average molecular weight is 235 g/mol. The van der Waals surface area contributed by atoms with E-state index in [1.807, 2.05) is 6.07 Å². The van der Waals surface area contributed by atoms with Crippen LogP contribution in [0.15, 0.2) is 18.2 Å². The predicted molar refractivity (Wildman–Crippen MR) is 64.4 cm³/mol. The van der Waals surface area contributed by atoms with Crippen molar-refractivity contribution >= 4 is 0 Å². The van der Waals surface area contributed by atoms with E-state index < -0.39 is 0 Å². The molecule has 0 amide bonds. The third-order valence-electron chi connectivity index (χ3n) is 4.01. The van der Waals surface area contributed by atoms with Crippen LogP contribution in [0.1, 0.15) is 30.1 Å². The summed E-state index contributed by atoms with van der Waals surface area (Å²) in [4.78, 5) is 2.36. The van der Waals surface area contributed by atoms with Gasteiger partial charge in [-0.1, -0.05) is 6.07 Å². The first-order chi connectivity index (χ1) is 8.25. The van der Waals surface area contributed by atoms with Crippen molar-refractivity contribution in [1.29, 1.82) is 0 Å². The molecular formula is C14H18FNO. The molecule has 3 heteroatoms. The van der Waals surface area contributed by atoms with Gasteiger partial charge in [-0.05, 0) is 56.1 Å². The van der Waals surface area contributed by atoms with Crippen molar-refractivity contribution in [3.05, 3.63) is 35.1 Å². The lowest BCUT2D eigenvalue weighted by Gasteiger charge is -2.33. The van der Waals surface area contributed by atoms with Crippen molar-refractivity contribution in [2.75, 3.05) is 20.2 Å². The maximum absolute atomic E-state index is 13.2. The molecule has 0 bridgehead atoms. The molecule has 92 valence electrons. The van der Waals surface area contributed by atoms with E-state index in [2.05, 4.69) is 11.9 Å². The quantitative estimate of drug-likeness (QED) is 0.741. The number of ether oxygens (including phenoxy) is 1. The van der Waals surface area contributed by atoms with E-state index in [1.54, 1.807) is 12.1 Å². The molecule has 0 spiro atoms. The molecule has 1 saturated heterocycles. The second-order valence-corrected chi connectivity index (χ2v) is 5.07. The Morgan fingerprint density at radius 1 is 1.41 bits per heavy atom. The molecule has 1 aromatic carbocycles. The maximum Gasteiger partial charge on any atom is 0.123 e. The monoisotopic (exact) mass is 235 g/mol. The van der Waals surface area contributed by atoms with Crippen LogP contribution in [0.3, 0.4) is 0 Å². The minimum atomic E-state index is -0.135. The van der Waals surface area contributed by atoms with Gasteiger partial charge in [0.2, 0.25) is 0 Å². The molecule has 17 heavy (non-hydrogen) atoms. The molecular weight excluding hydrogens is 217 g/mol. The third-order valence-corrected chi connectivity index (χ3v) is 4.01. The Kier molecular flexibility index (Phi) is 2.89. The highest BCUT2D eigenvalue weighted by Crippen LogP contribution is 2.36. The van der Waals surface area contributed by atoms with Gasteiger partial charge >= 0.3 is 0 Å². The van der Waals surface area contributed by atoms with E-state index in [9.17, 15) is 4.39 Å². The van der Waals surface area contributed by atoms with Crippen molar-refractivity contribution in [2.45, 2.75) is 31.4 Å². The van der Waals surface area contributed by atoms with Gasteiger partial charge in [-0.2, -0.15) is 0 Å². The van der Waals surface area contributed by atoms with E-state index in [0.717, 1.165) is 18.5 Å². The van der Waals surface area contributed by atoms with E-state index in [-0.39, 0.29) is 11.9 Å². The SMILES string of the molecule is CN1CCCC1[C@@H]1OCCc2cc(F)ccc21. The first-order valence-corrected chi connectivity index (χ1v) is 6.36. The lowest BCUT2D eigenvalue weighted by molar-refractivity contribution is -0.00617. The second kappa shape index (κ2) is 4.39. The summed E-state index contributed by atoms with van der Waals surface area (Å²) < 4.78 is 19.2. The summed E-state index contributed by atoms with van der Waals surface area (Å²) in [5, 5.41) is 0. The van der Waals surface area contributed by atoms with Crippen molar-refractivity contribution < 1.29 is 9.13 Å². The Labute approximate surface area is 101 Å². The maximum atomic E-state index is 13.2. The Morgan fingerprint density at radius 3 is 3.06 bits per heavy atom. The topological polar surface area (TPSA) is 12.5 Å².